The average molecular weight is 382 g/mol. The maximum atomic E-state index is 12.1. The molecule has 0 spiro atoms. The van der Waals surface area contributed by atoms with Gasteiger partial charge in [-0.15, -0.1) is 5.10 Å². The van der Waals surface area contributed by atoms with Crippen molar-refractivity contribution in [2.24, 2.45) is 5.14 Å². The van der Waals surface area contributed by atoms with Gasteiger partial charge < -0.3 is 5.32 Å². The Balaban J connectivity index is 1.54. The third-order valence-corrected chi connectivity index (χ3v) is 5.64. The van der Waals surface area contributed by atoms with Crippen LogP contribution in [0.2, 0.25) is 0 Å². The fourth-order valence-corrected chi connectivity index (χ4v) is 3.54. The largest absolute Gasteiger partial charge is 0.349 e. The zero-order valence-corrected chi connectivity index (χ0v) is 15.1. The van der Waals surface area contributed by atoms with E-state index in [2.05, 4.69) is 20.8 Å². The smallest absolute Gasteiger partial charge is 0.238 e. The van der Waals surface area contributed by atoms with E-state index in [0.717, 1.165) is 18.4 Å². The van der Waals surface area contributed by atoms with Crippen molar-refractivity contribution in [3.63, 3.8) is 0 Å². The van der Waals surface area contributed by atoms with Gasteiger partial charge in [0.25, 0.3) is 0 Å². The average Bonchev–Trinajstić information content (AvgIpc) is 3.30. The van der Waals surface area contributed by atoms with E-state index in [1.165, 1.54) is 23.9 Å². The number of aromatic nitrogens is 4. The summed E-state index contributed by atoms with van der Waals surface area (Å²) in [5.74, 6) is 0.0468. The minimum Gasteiger partial charge on any atom is -0.349 e. The van der Waals surface area contributed by atoms with E-state index >= 15 is 0 Å². The Morgan fingerprint density at radius 3 is 2.68 bits per heavy atom. The third-order valence-electron chi connectivity index (χ3n) is 3.77. The number of hydrogen-bond donors (Lipinski definition) is 2. The highest BCUT2D eigenvalue weighted by Crippen LogP contribution is 2.36. The molecular formula is C14H18N6O3S2. The van der Waals surface area contributed by atoms with E-state index in [9.17, 15) is 13.2 Å². The van der Waals surface area contributed by atoms with Crippen molar-refractivity contribution in [3.05, 3.63) is 29.8 Å². The number of thioether (sulfide) groups is 1. The minimum absolute atomic E-state index is 0.0391. The number of nitrogens with zero attached hydrogens (tertiary/aromatic N) is 4. The van der Waals surface area contributed by atoms with Gasteiger partial charge in [-0.25, -0.2) is 18.2 Å². The number of carbonyl (C=O) groups excluding carboxylic acids is 1. The molecule has 1 aliphatic rings. The lowest BCUT2D eigenvalue weighted by molar-refractivity contribution is -0.119. The Morgan fingerprint density at radius 2 is 2.08 bits per heavy atom. The van der Waals surface area contributed by atoms with Gasteiger partial charge in [-0.1, -0.05) is 23.9 Å². The molecule has 0 unspecified atom stereocenters. The van der Waals surface area contributed by atoms with Crippen molar-refractivity contribution in [1.82, 2.24) is 25.5 Å². The summed E-state index contributed by atoms with van der Waals surface area (Å²) >= 11 is 1.29. The van der Waals surface area contributed by atoms with Crippen LogP contribution in [-0.4, -0.2) is 40.3 Å². The summed E-state index contributed by atoms with van der Waals surface area (Å²) in [4.78, 5) is 12.2. The molecule has 0 aliphatic heterocycles. The summed E-state index contributed by atoms with van der Waals surface area (Å²) in [5.41, 5.74) is 0.786. The van der Waals surface area contributed by atoms with Crippen LogP contribution in [0.15, 0.2) is 34.3 Å². The van der Waals surface area contributed by atoms with Crippen LogP contribution in [0.5, 0.6) is 0 Å². The second kappa shape index (κ2) is 7.10. The lowest BCUT2D eigenvalue weighted by Gasteiger charge is -2.14. The number of nitrogens with one attached hydrogen (secondary N) is 1. The normalized spacial score (nSPS) is 15.8. The van der Waals surface area contributed by atoms with Gasteiger partial charge in [0.2, 0.25) is 21.1 Å². The second-order valence-electron chi connectivity index (χ2n) is 5.83. The van der Waals surface area contributed by atoms with Crippen LogP contribution in [0.4, 0.5) is 0 Å². The maximum Gasteiger partial charge on any atom is 0.238 e. The molecule has 1 saturated carbocycles. The van der Waals surface area contributed by atoms with Gasteiger partial charge in [0.1, 0.15) is 0 Å². The quantitative estimate of drug-likeness (QED) is 0.671. The summed E-state index contributed by atoms with van der Waals surface area (Å²) in [6.07, 6.45) is 2.13. The number of carbonyl (C=O) groups is 1. The fourth-order valence-electron chi connectivity index (χ4n) is 2.27. The summed E-state index contributed by atoms with van der Waals surface area (Å²) < 4.78 is 24.3. The standard InChI is InChI=1S/C14H18N6O3S2/c1-9(10-2-6-12(7-3-10)25(15,22)23)16-13(21)8-24-14-17-18-19-20(14)11-4-5-11/h2-3,6-7,9,11H,4-5,8H2,1H3,(H,16,21)(H2,15,22,23)/t9-/m1/s1. The lowest BCUT2D eigenvalue weighted by Crippen LogP contribution is -2.28. The van der Waals surface area contributed by atoms with Crippen molar-refractivity contribution >= 4 is 27.7 Å². The molecule has 1 aromatic carbocycles. The number of rotatable bonds is 7. The van der Waals surface area contributed by atoms with Crippen LogP contribution < -0.4 is 10.5 Å². The first kappa shape index (κ1) is 17.8. The highest BCUT2D eigenvalue weighted by molar-refractivity contribution is 7.99. The first-order valence-corrected chi connectivity index (χ1v) is 10.2. The van der Waals surface area contributed by atoms with E-state index < -0.39 is 10.0 Å². The van der Waals surface area contributed by atoms with E-state index in [1.807, 2.05) is 6.92 Å². The molecule has 134 valence electrons. The SMILES string of the molecule is C[C@@H](NC(=O)CSc1nnnn1C1CC1)c1ccc(S(N)(=O)=O)cc1. The van der Waals surface area contributed by atoms with Crippen LogP contribution in [0.3, 0.4) is 0 Å². The molecule has 3 N–H and O–H groups in total. The molecule has 1 aliphatic carbocycles. The van der Waals surface area contributed by atoms with Crippen molar-refractivity contribution in [2.45, 2.75) is 41.9 Å². The minimum atomic E-state index is -3.72. The third kappa shape index (κ3) is 4.55. The van der Waals surface area contributed by atoms with E-state index in [0.29, 0.717) is 11.2 Å². The molecule has 1 heterocycles. The van der Waals surface area contributed by atoms with Crippen molar-refractivity contribution in [2.75, 3.05) is 5.75 Å². The van der Waals surface area contributed by atoms with Crippen LogP contribution in [0.25, 0.3) is 0 Å². The van der Waals surface area contributed by atoms with Gasteiger partial charge in [-0.3, -0.25) is 4.79 Å². The van der Waals surface area contributed by atoms with Gasteiger partial charge in [0.15, 0.2) is 0 Å². The first-order valence-electron chi connectivity index (χ1n) is 7.67. The van der Waals surface area contributed by atoms with Crippen LogP contribution in [0, 0.1) is 0 Å². The monoisotopic (exact) mass is 382 g/mol. The summed E-state index contributed by atoms with van der Waals surface area (Å²) in [6, 6.07) is 6.20. The van der Waals surface area contributed by atoms with Gasteiger partial charge >= 0.3 is 0 Å². The van der Waals surface area contributed by atoms with E-state index in [4.69, 9.17) is 5.14 Å². The number of tetrazole rings is 1. The molecule has 25 heavy (non-hydrogen) atoms. The molecular weight excluding hydrogens is 364 g/mol. The molecule has 0 bridgehead atoms. The van der Waals surface area contributed by atoms with Crippen LogP contribution in [-0.2, 0) is 14.8 Å². The van der Waals surface area contributed by atoms with Crippen molar-refractivity contribution < 1.29 is 13.2 Å². The Bertz CT molecular complexity index is 861. The van der Waals surface area contributed by atoms with Gasteiger partial charge in [0, 0.05) is 0 Å². The van der Waals surface area contributed by atoms with Crippen LogP contribution >= 0.6 is 11.8 Å². The van der Waals surface area contributed by atoms with Gasteiger partial charge in [-0.2, -0.15) is 0 Å². The Kier molecular flexibility index (Phi) is 5.06. The van der Waals surface area contributed by atoms with Gasteiger partial charge in [-0.05, 0) is 47.9 Å². The molecule has 1 atom stereocenters. The summed E-state index contributed by atoms with van der Waals surface area (Å²) in [6.45, 7) is 1.82. The van der Waals surface area contributed by atoms with Gasteiger partial charge in [0.05, 0.1) is 22.7 Å². The van der Waals surface area contributed by atoms with Crippen molar-refractivity contribution in [1.29, 1.82) is 0 Å². The predicted molar refractivity (Wildman–Crippen MR) is 91.2 cm³/mol. The Morgan fingerprint density at radius 1 is 1.40 bits per heavy atom. The molecule has 9 nitrogen and oxygen atoms in total. The molecule has 1 amide bonds. The molecule has 1 fully saturated rings. The molecule has 2 aromatic rings. The van der Waals surface area contributed by atoms with Crippen molar-refractivity contribution in [3.8, 4) is 0 Å². The first-order chi connectivity index (χ1) is 11.8. The van der Waals surface area contributed by atoms with E-state index in [1.54, 1.807) is 16.8 Å². The number of primary sulfonamides is 1. The Hall–Kier alpha value is -1.98. The molecule has 1 aromatic heterocycles. The fraction of sp³-hybridized carbons (Fsp3) is 0.429. The number of nitrogens with two attached hydrogens (primary N) is 1. The molecule has 0 radical (unpaired) electrons. The second-order valence-corrected chi connectivity index (χ2v) is 8.33. The number of hydrogen-bond acceptors (Lipinski definition) is 7. The predicted octanol–water partition coefficient (Wildman–Crippen LogP) is 0.625. The molecule has 3 rings (SSSR count). The Labute approximate surface area is 149 Å². The zero-order chi connectivity index (χ0) is 18.0. The topological polar surface area (TPSA) is 133 Å². The highest BCUT2D eigenvalue weighted by atomic mass is 32.2. The van der Waals surface area contributed by atoms with Crippen LogP contribution in [0.1, 0.15) is 37.4 Å². The van der Waals surface area contributed by atoms with E-state index in [-0.39, 0.29) is 22.6 Å². The molecule has 0 saturated heterocycles. The number of amides is 1. The summed E-state index contributed by atoms with van der Waals surface area (Å²) in [7, 11) is -3.72. The highest BCUT2D eigenvalue weighted by Gasteiger charge is 2.28. The molecule has 11 heteroatoms. The number of benzene rings is 1. The number of sulfonamides is 1. The summed E-state index contributed by atoms with van der Waals surface area (Å²) in [5, 5.41) is 20.1. The lowest BCUT2D eigenvalue weighted by atomic mass is 10.1. The zero-order valence-electron chi connectivity index (χ0n) is 13.5. The maximum absolute atomic E-state index is 12.1.